The molecular formula is O7P2S. The van der Waals surface area contributed by atoms with Gasteiger partial charge in [-0.3, -0.25) is 0 Å². The third kappa shape index (κ3) is 1.27. The van der Waals surface area contributed by atoms with Gasteiger partial charge in [-0.05, 0) is 0 Å². The molecule has 1 saturated heterocycles. The first-order chi connectivity index (χ1) is 4.36. The Morgan fingerprint density at radius 2 is 1.80 bits per heavy atom. The van der Waals surface area contributed by atoms with Crippen LogP contribution >= 0.6 is 15.0 Å². The van der Waals surface area contributed by atoms with E-state index in [9.17, 15) is 22.4 Å². The molecule has 1 rings (SSSR count). The minimum Gasteiger partial charge on any atom is -0.587 e. The van der Waals surface area contributed by atoms with Crippen molar-refractivity contribution in [2.75, 3.05) is 0 Å². The average Bonchev–Trinajstić information content (AvgIpc) is 1.59. The summed E-state index contributed by atoms with van der Waals surface area (Å²) in [4.78, 5) is 9.85. The van der Waals surface area contributed by atoms with Crippen molar-refractivity contribution in [3.8, 4) is 0 Å². The second kappa shape index (κ2) is 2.07. The highest BCUT2D eigenvalue weighted by molar-refractivity contribution is 8.28. The summed E-state index contributed by atoms with van der Waals surface area (Å²) < 4.78 is 47.0. The number of hydrogen-bond acceptors (Lipinski definition) is 7. The summed E-state index contributed by atoms with van der Waals surface area (Å²) in [7, 11) is -12.1. The van der Waals surface area contributed by atoms with Gasteiger partial charge in [0.05, 0.1) is 0 Å². The maximum atomic E-state index is 10.4. The molecule has 0 saturated carbocycles. The summed E-state index contributed by atoms with van der Waals surface area (Å²) in [6, 6.07) is 0. The maximum absolute atomic E-state index is 10.4. The Morgan fingerprint density at radius 1 is 1.40 bits per heavy atom. The van der Waals surface area contributed by atoms with E-state index in [0.717, 1.165) is 0 Å². The van der Waals surface area contributed by atoms with E-state index in [1.54, 1.807) is 0 Å². The summed E-state index contributed by atoms with van der Waals surface area (Å²) in [5.74, 6) is 0. The molecule has 0 amide bonds. The van der Waals surface area contributed by atoms with Crippen LogP contribution < -0.4 is 4.89 Å². The molecule has 0 aliphatic carbocycles. The van der Waals surface area contributed by atoms with Crippen LogP contribution in [0.25, 0.3) is 0 Å². The smallest absolute Gasteiger partial charge is 0.587 e. The first kappa shape index (κ1) is 8.26. The van der Waals surface area contributed by atoms with Crippen LogP contribution in [0.5, 0.6) is 0 Å². The Hall–Kier alpha value is 0.160. The predicted molar refractivity (Wildman–Crippen MR) is 26.3 cm³/mol. The summed E-state index contributed by atoms with van der Waals surface area (Å²) in [5, 5.41) is 0. The van der Waals surface area contributed by atoms with Gasteiger partial charge in [0.1, 0.15) is 0 Å². The van der Waals surface area contributed by atoms with Crippen LogP contribution in [-0.2, 0) is 27.5 Å². The Bertz CT molecular complexity index is 292. The minimum atomic E-state index is -4.32. The fourth-order valence-electron chi connectivity index (χ4n) is 0.291. The highest BCUT2D eigenvalue weighted by Crippen LogP contribution is 2.74. The van der Waals surface area contributed by atoms with Gasteiger partial charge in [-0.1, -0.05) is 4.57 Å². The van der Waals surface area contributed by atoms with Gasteiger partial charge in [0.2, 0.25) is 0 Å². The van der Waals surface area contributed by atoms with E-state index in [4.69, 9.17) is 0 Å². The molecule has 1 heterocycles. The highest BCUT2D eigenvalue weighted by atomic mass is 32.3. The van der Waals surface area contributed by atoms with E-state index in [-0.39, 0.29) is 0 Å². The zero-order valence-electron chi connectivity index (χ0n) is 4.16. The molecule has 1 aliphatic heterocycles. The second-order valence-electron chi connectivity index (χ2n) is 1.26. The topological polar surface area (TPSA) is 110 Å². The largest absolute Gasteiger partial charge is 0.599 e. The van der Waals surface area contributed by atoms with Crippen LogP contribution in [0.2, 0.25) is 0 Å². The monoisotopic (exact) mass is 206 g/mol. The van der Waals surface area contributed by atoms with Crippen LogP contribution in [0, 0.1) is 0 Å². The van der Waals surface area contributed by atoms with Crippen LogP contribution in [0.4, 0.5) is 0 Å². The standard InChI is InChI=1S/O7P2S/c1-8(2)9(3)6-10(4,5)7-9. The maximum Gasteiger partial charge on any atom is 0.599 e. The van der Waals surface area contributed by atoms with Crippen LogP contribution in [0.15, 0.2) is 0 Å². The molecule has 0 aromatic carbocycles. The third-order valence-corrected chi connectivity index (χ3v) is 6.34. The van der Waals surface area contributed by atoms with Crippen LogP contribution in [-0.4, -0.2) is 8.42 Å². The molecule has 0 bridgehead atoms. The molecule has 1 aliphatic rings. The van der Waals surface area contributed by atoms with Crippen molar-refractivity contribution in [3.05, 3.63) is 0 Å². The molecule has 10 heavy (non-hydrogen) atoms. The molecule has 0 aromatic heterocycles. The molecule has 1 atom stereocenters. The highest BCUT2D eigenvalue weighted by Gasteiger charge is 2.61. The van der Waals surface area contributed by atoms with E-state index in [2.05, 4.69) is 7.94 Å². The predicted octanol–water partition coefficient (Wildman–Crippen LogP) is -0.511. The normalized spacial score (nSPS) is 28.7. The Balaban J connectivity index is 2.87. The third-order valence-electron chi connectivity index (χ3n) is 0.571. The van der Waals surface area contributed by atoms with E-state index < -0.39 is 25.4 Å². The summed E-state index contributed by atoms with van der Waals surface area (Å²) in [5.41, 5.74) is 0. The molecule has 1 fully saturated rings. The quantitative estimate of drug-likeness (QED) is 0.531. The van der Waals surface area contributed by atoms with Gasteiger partial charge >= 0.3 is 25.4 Å². The molecule has 0 N–H and O–H groups in total. The molecule has 0 spiro atoms. The van der Waals surface area contributed by atoms with Gasteiger partial charge in [-0.25, -0.2) is 4.57 Å². The molecule has 0 aromatic rings. The van der Waals surface area contributed by atoms with Crippen molar-refractivity contribution in [1.29, 1.82) is 0 Å². The number of hydrogen-bond donors (Lipinski definition) is 0. The van der Waals surface area contributed by atoms with E-state index in [1.807, 2.05) is 0 Å². The Morgan fingerprint density at radius 3 is 1.90 bits per heavy atom. The van der Waals surface area contributed by atoms with Gasteiger partial charge in [-0.15, -0.1) is 7.94 Å². The molecule has 0 radical (unpaired) electrons. The Labute approximate surface area is 56.6 Å². The molecule has 1 unspecified atom stereocenters. The lowest BCUT2D eigenvalue weighted by atomic mass is 15.7. The molecular weight excluding hydrogens is 206 g/mol. The summed E-state index contributed by atoms with van der Waals surface area (Å²) in [6.45, 7) is 0. The Kier molecular flexibility index (Phi) is 1.71. The second-order valence-corrected chi connectivity index (χ2v) is 7.14. The lowest BCUT2D eigenvalue weighted by Crippen LogP contribution is -2.18. The van der Waals surface area contributed by atoms with Crippen LogP contribution in [0.3, 0.4) is 0 Å². The minimum absolute atomic E-state index is 3.48. The average molecular weight is 206 g/mol. The van der Waals surface area contributed by atoms with Gasteiger partial charge < -0.3 is 4.89 Å². The van der Waals surface area contributed by atoms with Crippen molar-refractivity contribution in [2.24, 2.45) is 0 Å². The van der Waals surface area contributed by atoms with Crippen molar-refractivity contribution >= 4 is 25.4 Å². The SMILES string of the molecule is O=[P+]([O-])P1(=O)OS(=O)(=O)O1. The van der Waals surface area contributed by atoms with Crippen molar-refractivity contribution in [2.45, 2.75) is 0 Å². The van der Waals surface area contributed by atoms with Crippen molar-refractivity contribution in [3.63, 3.8) is 0 Å². The van der Waals surface area contributed by atoms with Gasteiger partial charge in [0, 0.05) is 0 Å². The lowest BCUT2D eigenvalue weighted by molar-refractivity contribution is -0.160. The fraction of sp³-hybridized carbons (Fsp3) is 0. The zero-order chi connectivity index (χ0) is 7.99. The lowest BCUT2D eigenvalue weighted by Gasteiger charge is -2.15. The molecule has 58 valence electrons. The first-order valence-electron chi connectivity index (χ1n) is 1.78. The van der Waals surface area contributed by atoms with E-state index >= 15 is 0 Å². The van der Waals surface area contributed by atoms with Gasteiger partial charge in [-0.2, -0.15) is 8.42 Å². The van der Waals surface area contributed by atoms with Gasteiger partial charge in [0.15, 0.2) is 0 Å². The van der Waals surface area contributed by atoms with E-state index in [1.165, 1.54) is 0 Å². The fourth-order valence-corrected chi connectivity index (χ4v) is 5.07. The number of rotatable bonds is 1. The van der Waals surface area contributed by atoms with Crippen LogP contribution in [0.1, 0.15) is 0 Å². The van der Waals surface area contributed by atoms with Gasteiger partial charge in [0.25, 0.3) is 0 Å². The van der Waals surface area contributed by atoms with Crippen molar-refractivity contribution < 1.29 is 30.4 Å². The summed E-state index contributed by atoms with van der Waals surface area (Å²) in [6.07, 6.45) is 0. The van der Waals surface area contributed by atoms with E-state index in [0.29, 0.717) is 0 Å². The molecule has 10 heteroatoms. The first-order valence-corrected chi connectivity index (χ1v) is 6.54. The molecule has 7 nitrogen and oxygen atoms in total. The summed E-state index contributed by atoms with van der Waals surface area (Å²) >= 11 is 0. The zero-order valence-corrected chi connectivity index (χ0v) is 6.77. The van der Waals surface area contributed by atoms with Crippen molar-refractivity contribution in [1.82, 2.24) is 0 Å².